The molecule has 2 aliphatic heterocycles. The third kappa shape index (κ3) is 4.14. The maximum Gasteiger partial charge on any atom is 0.229 e. The number of nitrogens with zero attached hydrogens (tertiary/aromatic N) is 5. The summed E-state index contributed by atoms with van der Waals surface area (Å²) in [4.78, 5) is 19.6. The van der Waals surface area contributed by atoms with E-state index in [4.69, 9.17) is 24.4 Å². The van der Waals surface area contributed by atoms with Gasteiger partial charge in [0.2, 0.25) is 5.95 Å². The van der Waals surface area contributed by atoms with Crippen LogP contribution in [0.5, 0.6) is 0 Å². The predicted molar refractivity (Wildman–Crippen MR) is 127 cm³/mol. The zero-order chi connectivity index (χ0) is 22.2. The number of aryl methyl sites for hydroxylation is 1. The summed E-state index contributed by atoms with van der Waals surface area (Å²) in [7, 11) is 0. The van der Waals surface area contributed by atoms with Crippen molar-refractivity contribution in [3.05, 3.63) is 42.0 Å². The van der Waals surface area contributed by atoms with E-state index >= 15 is 0 Å². The van der Waals surface area contributed by atoms with Crippen LogP contribution in [-0.2, 0) is 9.47 Å². The van der Waals surface area contributed by atoms with Gasteiger partial charge in [-0.05, 0) is 45.9 Å². The molecule has 2 fully saturated rings. The van der Waals surface area contributed by atoms with Crippen molar-refractivity contribution < 1.29 is 9.47 Å². The van der Waals surface area contributed by atoms with Gasteiger partial charge in [-0.2, -0.15) is 9.97 Å². The summed E-state index contributed by atoms with van der Waals surface area (Å²) in [5.41, 5.74) is 3.97. The quantitative estimate of drug-likeness (QED) is 0.622. The zero-order valence-electron chi connectivity index (χ0n) is 19.3. The maximum absolute atomic E-state index is 5.94. The van der Waals surface area contributed by atoms with Crippen LogP contribution in [0.25, 0.3) is 22.3 Å². The van der Waals surface area contributed by atoms with E-state index in [0.717, 1.165) is 53.7 Å². The number of ether oxygens (including phenoxy) is 2. The van der Waals surface area contributed by atoms with E-state index in [1.807, 2.05) is 0 Å². The van der Waals surface area contributed by atoms with Crippen molar-refractivity contribution in [3.8, 4) is 11.3 Å². The number of anilines is 2. The average molecular weight is 434 g/mol. The predicted octanol–water partition coefficient (Wildman–Crippen LogP) is 3.84. The Kier molecular flexibility index (Phi) is 5.69. The van der Waals surface area contributed by atoms with Gasteiger partial charge in [0.1, 0.15) is 5.82 Å². The summed E-state index contributed by atoms with van der Waals surface area (Å²) < 4.78 is 11.6. The largest absolute Gasteiger partial charge is 0.377 e. The molecule has 2 aliphatic rings. The second-order valence-electron chi connectivity index (χ2n) is 9.06. The summed E-state index contributed by atoms with van der Waals surface area (Å²) >= 11 is 0. The number of benzene rings is 1. The third-order valence-electron chi connectivity index (χ3n) is 6.18. The molecular weight excluding hydrogens is 402 g/mol. The van der Waals surface area contributed by atoms with E-state index in [0.29, 0.717) is 13.2 Å². The fraction of sp³-hybridized carbons (Fsp3) is 0.480. The number of hydrogen-bond donors (Lipinski definition) is 0. The molecule has 0 bridgehead atoms. The molecule has 3 aromatic rings. The Balaban J connectivity index is 1.64. The molecule has 4 heterocycles. The van der Waals surface area contributed by atoms with Gasteiger partial charge in [-0.15, -0.1) is 0 Å². The molecule has 3 atom stereocenters. The first-order valence-electron chi connectivity index (χ1n) is 11.5. The first kappa shape index (κ1) is 21.1. The molecule has 7 heteroatoms. The lowest BCUT2D eigenvalue weighted by Gasteiger charge is -2.37. The molecule has 2 saturated heterocycles. The Bertz CT molecular complexity index is 1110. The van der Waals surface area contributed by atoms with E-state index in [-0.39, 0.29) is 18.2 Å². The van der Waals surface area contributed by atoms with Crippen LogP contribution >= 0.6 is 0 Å². The summed E-state index contributed by atoms with van der Waals surface area (Å²) in [6.07, 6.45) is 0.269. The molecule has 1 aromatic carbocycles. The molecule has 0 radical (unpaired) electrons. The monoisotopic (exact) mass is 433 g/mol. The first-order valence-corrected chi connectivity index (χ1v) is 11.5. The van der Waals surface area contributed by atoms with Crippen LogP contribution in [0.1, 0.15) is 26.3 Å². The van der Waals surface area contributed by atoms with Gasteiger partial charge in [-0.3, -0.25) is 0 Å². The Morgan fingerprint density at radius 2 is 1.78 bits per heavy atom. The van der Waals surface area contributed by atoms with Gasteiger partial charge in [0.25, 0.3) is 0 Å². The molecule has 2 aromatic heterocycles. The molecule has 7 nitrogen and oxygen atoms in total. The highest BCUT2D eigenvalue weighted by atomic mass is 16.5. The van der Waals surface area contributed by atoms with Gasteiger partial charge in [-0.25, -0.2) is 4.98 Å². The van der Waals surface area contributed by atoms with Crippen LogP contribution in [0.3, 0.4) is 0 Å². The third-order valence-corrected chi connectivity index (χ3v) is 6.18. The van der Waals surface area contributed by atoms with E-state index in [2.05, 4.69) is 73.9 Å². The van der Waals surface area contributed by atoms with Gasteiger partial charge in [0.05, 0.1) is 42.5 Å². The lowest BCUT2D eigenvalue weighted by atomic mass is 10.1. The van der Waals surface area contributed by atoms with Crippen LogP contribution in [0, 0.1) is 6.92 Å². The topological polar surface area (TPSA) is 63.6 Å². The Labute approximate surface area is 189 Å². The molecule has 5 rings (SSSR count). The van der Waals surface area contributed by atoms with Crippen molar-refractivity contribution in [2.45, 2.75) is 45.9 Å². The molecular formula is C25H31N5O2. The second-order valence-corrected chi connectivity index (χ2v) is 9.06. The molecule has 0 unspecified atom stereocenters. The maximum atomic E-state index is 5.94. The average Bonchev–Trinajstić information content (AvgIpc) is 2.78. The highest BCUT2D eigenvalue weighted by Gasteiger charge is 2.28. The van der Waals surface area contributed by atoms with Crippen molar-refractivity contribution in [1.29, 1.82) is 0 Å². The lowest BCUT2D eigenvalue weighted by Crippen LogP contribution is -2.47. The van der Waals surface area contributed by atoms with Crippen molar-refractivity contribution in [2.24, 2.45) is 0 Å². The van der Waals surface area contributed by atoms with Crippen LogP contribution in [0.4, 0.5) is 11.8 Å². The lowest BCUT2D eigenvalue weighted by molar-refractivity contribution is -0.00570. The van der Waals surface area contributed by atoms with E-state index < -0.39 is 0 Å². The normalized spacial score (nSPS) is 24.2. The summed E-state index contributed by atoms with van der Waals surface area (Å²) in [6.45, 7) is 12.2. The molecule has 0 spiro atoms. The van der Waals surface area contributed by atoms with Crippen LogP contribution in [-0.4, -0.2) is 66.0 Å². The fourth-order valence-corrected chi connectivity index (χ4v) is 4.69. The van der Waals surface area contributed by atoms with Crippen molar-refractivity contribution >= 4 is 22.8 Å². The fourth-order valence-electron chi connectivity index (χ4n) is 4.69. The second kappa shape index (κ2) is 8.64. The van der Waals surface area contributed by atoms with Crippen molar-refractivity contribution in [1.82, 2.24) is 15.0 Å². The number of morpholine rings is 2. The SMILES string of the molecule is Cc1cccc(-c2ccc3c(N4CCOC[C@@H]4C)nc(N4C[C@@H](C)O[C@@H](C)C4)nc3n2)c1. The zero-order valence-corrected chi connectivity index (χ0v) is 19.3. The molecule has 0 amide bonds. The summed E-state index contributed by atoms with van der Waals surface area (Å²) in [5, 5.41) is 0.980. The van der Waals surface area contributed by atoms with Crippen molar-refractivity contribution in [3.63, 3.8) is 0 Å². The van der Waals surface area contributed by atoms with Crippen LogP contribution in [0.2, 0.25) is 0 Å². The van der Waals surface area contributed by atoms with Crippen molar-refractivity contribution in [2.75, 3.05) is 42.6 Å². The van der Waals surface area contributed by atoms with Gasteiger partial charge in [0.15, 0.2) is 5.65 Å². The molecule has 0 N–H and O–H groups in total. The first-order chi connectivity index (χ1) is 15.5. The van der Waals surface area contributed by atoms with Gasteiger partial charge < -0.3 is 19.3 Å². The van der Waals surface area contributed by atoms with E-state index in [1.54, 1.807) is 0 Å². The van der Waals surface area contributed by atoms with Gasteiger partial charge >= 0.3 is 0 Å². The Morgan fingerprint density at radius 3 is 2.53 bits per heavy atom. The van der Waals surface area contributed by atoms with Gasteiger partial charge in [-0.1, -0.05) is 23.8 Å². The minimum Gasteiger partial charge on any atom is -0.377 e. The van der Waals surface area contributed by atoms with Crippen LogP contribution < -0.4 is 9.80 Å². The number of fused-ring (bicyclic) bond motifs is 1. The standard InChI is InChI=1S/C25H31N5O2/c1-16-6-5-7-20(12-16)22-9-8-21-23(26-22)27-25(29-13-18(3)32-19(4)14-29)28-24(21)30-10-11-31-15-17(30)2/h5-9,12,17-19H,10-11,13-15H2,1-4H3/t17-,18-,19+/m0/s1. The molecule has 0 aliphatic carbocycles. The minimum atomic E-state index is 0.135. The number of rotatable bonds is 3. The van der Waals surface area contributed by atoms with Crippen LogP contribution in [0.15, 0.2) is 36.4 Å². The Morgan fingerprint density at radius 1 is 0.969 bits per heavy atom. The highest BCUT2D eigenvalue weighted by Crippen LogP contribution is 2.31. The highest BCUT2D eigenvalue weighted by molar-refractivity contribution is 5.90. The molecule has 32 heavy (non-hydrogen) atoms. The molecule has 0 saturated carbocycles. The smallest absolute Gasteiger partial charge is 0.229 e. The summed E-state index contributed by atoms with van der Waals surface area (Å²) in [5.74, 6) is 1.66. The number of hydrogen-bond acceptors (Lipinski definition) is 7. The van der Waals surface area contributed by atoms with Gasteiger partial charge in [0, 0.05) is 25.2 Å². The Hall–Kier alpha value is -2.77. The number of pyridine rings is 1. The van der Waals surface area contributed by atoms with E-state index in [1.165, 1.54) is 5.56 Å². The molecule has 168 valence electrons. The van der Waals surface area contributed by atoms with E-state index in [9.17, 15) is 0 Å². The summed E-state index contributed by atoms with van der Waals surface area (Å²) in [6, 6.07) is 12.9. The minimum absolute atomic E-state index is 0.135. The number of aromatic nitrogens is 3.